The number of esters is 1. The zero-order chi connectivity index (χ0) is 17.4. The van der Waals surface area contributed by atoms with Gasteiger partial charge in [0.1, 0.15) is 5.75 Å². The number of carbonyl (C=O) groups excluding carboxylic acids is 1. The van der Waals surface area contributed by atoms with Gasteiger partial charge in [0.15, 0.2) is 11.5 Å². The van der Waals surface area contributed by atoms with Crippen LogP contribution in [0.2, 0.25) is 0 Å². The van der Waals surface area contributed by atoms with Crippen LogP contribution in [-0.4, -0.2) is 19.7 Å². The predicted octanol–water partition coefficient (Wildman–Crippen LogP) is 4.19. The van der Waals surface area contributed by atoms with Crippen LogP contribution in [0.15, 0.2) is 42.5 Å². The zero-order valence-electron chi connectivity index (χ0n) is 14.5. The van der Waals surface area contributed by atoms with Crippen molar-refractivity contribution in [2.75, 3.05) is 13.7 Å². The molecule has 0 atom stereocenters. The molecule has 128 valence electrons. The Labute approximate surface area is 143 Å². The first-order chi connectivity index (χ1) is 11.7. The van der Waals surface area contributed by atoms with Crippen molar-refractivity contribution in [3.63, 3.8) is 0 Å². The standard InChI is InChI=1S/C20H24O4/c1-4-15-6-10-17(11-7-15)24-20(21)13-9-16-8-12-18(23-5-2)19(14-16)22-3/h6-8,10-12,14H,4-5,9,13H2,1-3H3. The summed E-state index contributed by atoms with van der Waals surface area (Å²) in [5.41, 5.74) is 2.23. The summed E-state index contributed by atoms with van der Waals surface area (Å²) in [4.78, 5) is 12.0. The fourth-order valence-corrected chi connectivity index (χ4v) is 2.36. The summed E-state index contributed by atoms with van der Waals surface area (Å²) < 4.78 is 16.2. The van der Waals surface area contributed by atoms with Gasteiger partial charge in [0, 0.05) is 6.42 Å². The van der Waals surface area contributed by atoms with Gasteiger partial charge in [-0.2, -0.15) is 0 Å². The molecule has 24 heavy (non-hydrogen) atoms. The molecule has 4 nitrogen and oxygen atoms in total. The maximum Gasteiger partial charge on any atom is 0.311 e. The van der Waals surface area contributed by atoms with Crippen LogP contribution in [0.4, 0.5) is 0 Å². The zero-order valence-corrected chi connectivity index (χ0v) is 14.5. The van der Waals surface area contributed by atoms with Gasteiger partial charge in [-0.1, -0.05) is 25.1 Å². The lowest BCUT2D eigenvalue weighted by Gasteiger charge is -2.11. The topological polar surface area (TPSA) is 44.8 Å². The summed E-state index contributed by atoms with van der Waals surface area (Å²) in [5.74, 6) is 1.73. The summed E-state index contributed by atoms with van der Waals surface area (Å²) in [7, 11) is 1.61. The molecule has 2 rings (SSSR count). The predicted molar refractivity (Wildman–Crippen MR) is 93.9 cm³/mol. The number of ether oxygens (including phenoxy) is 3. The van der Waals surface area contributed by atoms with Gasteiger partial charge < -0.3 is 14.2 Å². The average Bonchev–Trinajstić information content (AvgIpc) is 2.61. The molecule has 0 bridgehead atoms. The largest absolute Gasteiger partial charge is 0.493 e. The summed E-state index contributed by atoms with van der Waals surface area (Å²) in [5, 5.41) is 0. The maximum absolute atomic E-state index is 12.0. The van der Waals surface area contributed by atoms with Crippen LogP contribution in [0.5, 0.6) is 17.2 Å². The molecule has 4 heteroatoms. The lowest BCUT2D eigenvalue weighted by molar-refractivity contribution is -0.134. The third-order valence-corrected chi connectivity index (χ3v) is 3.71. The molecule has 0 fully saturated rings. The van der Waals surface area contributed by atoms with Crippen LogP contribution in [0.1, 0.15) is 31.4 Å². The first kappa shape index (κ1) is 17.9. The van der Waals surface area contributed by atoms with E-state index in [9.17, 15) is 4.79 Å². The molecule has 0 N–H and O–H groups in total. The number of hydrogen-bond donors (Lipinski definition) is 0. The lowest BCUT2D eigenvalue weighted by Crippen LogP contribution is -2.09. The van der Waals surface area contributed by atoms with Crippen molar-refractivity contribution in [2.24, 2.45) is 0 Å². The first-order valence-electron chi connectivity index (χ1n) is 8.25. The van der Waals surface area contributed by atoms with E-state index in [1.54, 1.807) is 7.11 Å². The van der Waals surface area contributed by atoms with Crippen molar-refractivity contribution in [3.8, 4) is 17.2 Å². The molecule has 0 saturated heterocycles. The molecule has 0 unspecified atom stereocenters. The van der Waals surface area contributed by atoms with Crippen molar-refractivity contribution < 1.29 is 19.0 Å². The molecular formula is C20H24O4. The monoisotopic (exact) mass is 328 g/mol. The van der Waals surface area contributed by atoms with Crippen LogP contribution >= 0.6 is 0 Å². The summed E-state index contributed by atoms with van der Waals surface area (Å²) in [6.45, 7) is 4.60. The van der Waals surface area contributed by atoms with Crippen LogP contribution in [-0.2, 0) is 17.6 Å². The number of aryl methyl sites for hydroxylation is 2. The Balaban J connectivity index is 1.90. The lowest BCUT2D eigenvalue weighted by atomic mass is 10.1. The molecule has 2 aromatic rings. The van der Waals surface area contributed by atoms with E-state index in [0.29, 0.717) is 36.7 Å². The number of benzene rings is 2. The molecule has 0 aliphatic heterocycles. The van der Waals surface area contributed by atoms with Gasteiger partial charge in [0.25, 0.3) is 0 Å². The summed E-state index contributed by atoms with van der Waals surface area (Å²) >= 11 is 0. The van der Waals surface area contributed by atoms with E-state index in [0.717, 1.165) is 12.0 Å². The molecule has 0 radical (unpaired) electrons. The number of rotatable bonds is 8. The minimum atomic E-state index is -0.243. The fraction of sp³-hybridized carbons (Fsp3) is 0.350. The second-order valence-electron chi connectivity index (χ2n) is 5.39. The van der Waals surface area contributed by atoms with Crippen LogP contribution < -0.4 is 14.2 Å². The van der Waals surface area contributed by atoms with E-state index >= 15 is 0 Å². The second kappa shape index (κ2) is 8.96. The smallest absolute Gasteiger partial charge is 0.311 e. The third-order valence-electron chi connectivity index (χ3n) is 3.71. The minimum absolute atomic E-state index is 0.243. The molecular weight excluding hydrogens is 304 g/mol. The van der Waals surface area contributed by atoms with Crippen molar-refractivity contribution in [3.05, 3.63) is 53.6 Å². The van der Waals surface area contributed by atoms with E-state index in [1.165, 1.54) is 5.56 Å². The van der Waals surface area contributed by atoms with Crippen LogP contribution in [0.25, 0.3) is 0 Å². The average molecular weight is 328 g/mol. The highest BCUT2D eigenvalue weighted by molar-refractivity contribution is 5.72. The van der Waals surface area contributed by atoms with Gasteiger partial charge in [-0.3, -0.25) is 4.79 Å². The molecule has 0 aliphatic rings. The van der Waals surface area contributed by atoms with E-state index in [-0.39, 0.29) is 5.97 Å². The quantitative estimate of drug-likeness (QED) is 0.538. The van der Waals surface area contributed by atoms with Crippen molar-refractivity contribution in [2.45, 2.75) is 33.1 Å². The van der Waals surface area contributed by atoms with Crippen molar-refractivity contribution in [1.29, 1.82) is 0 Å². The van der Waals surface area contributed by atoms with Gasteiger partial charge >= 0.3 is 5.97 Å². The highest BCUT2D eigenvalue weighted by Gasteiger charge is 2.09. The summed E-state index contributed by atoms with van der Waals surface area (Å²) in [6, 6.07) is 13.3. The van der Waals surface area contributed by atoms with Gasteiger partial charge in [-0.25, -0.2) is 0 Å². The highest BCUT2D eigenvalue weighted by Crippen LogP contribution is 2.28. The maximum atomic E-state index is 12.0. The van der Waals surface area contributed by atoms with Gasteiger partial charge in [0.05, 0.1) is 13.7 Å². The summed E-state index contributed by atoms with van der Waals surface area (Å²) in [6.07, 6.45) is 1.87. The van der Waals surface area contributed by atoms with E-state index in [2.05, 4.69) is 6.92 Å². The Hall–Kier alpha value is -2.49. The molecule has 0 amide bonds. The van der Waals surface area contributed by atoms with E-state index in [1.807, 2.05) is 49.4 Å². The molecule has 2 aromatic carbocycles. The second-order valence-corrected chi connectivity index (χ2v) is 5.39. The first-order valence-corrected chi connectivity index (χ1v) is 8.25. The minimum Gasteiger partial charge on any atom is -0.493 e. The Morgan fingerprint density at radius 2 is 1.67 bits per heavy atom. The van der Waals surface area contributed by atoms with Crippen LogP contribution in [0, 0.1) is 0 Å². The molecule has 0 saturated carbocycles. The van der Waals surface area contributed by atoms with Crippen molar-refractivity contribution >= 4 is 5.97 Å². The Morgan fingerprint density at radius 3 is 2.29 bits per heavy atom. The van der Waals surface area contributed by atoms with Crippen molar-refractivity contribution in [1.82, 2.24) is 0 Å². The normalized spacial score (nSPS) is 10.3. The highest BCUT2D eigenvalue weighted by atomic mass is 16.5. The Morgan fingerprint density at radius 1 is 0.958 bits per heavy atom. The molecule has 0 spiro atoms. The Bertz CT molecular complexity index is 662. The SMILES string of the molecule is CCOc1ccc(CCC(=O)Oc2ccc(CC)cc2)cc1OC. The van der Waals surface area contributed by atoms with Gasteiger partial charge in [0.2, 0.25) is 0 Å². The van der Waals surface area contributed by atoms with E-state index in [4.69, 9.17) is 14.2 Å². The molecule has 0 heterocycles. The molecule has 0 aromatic heterocycles. The number of methoxy groups -OCH3 is 1. The van der Waals surface area contributed by atoms with E-state index < -0.39 is 0 Å². The van der Waals surface area contributed by atoms with Gasteiger partial charge in [-0.05, 0) is 55.2 Å². The Kier molecular flexibility index (Phi) is 6.67. The van der Waals surface area contributed by atoms with Crippen LogP contribution in [0.3, 0.4) is 0 Å². The number of hydrogen-bond acceptors (Lipinski definition) is 4. The van der Waals surface area contributed by atoms with Gasteiger partial charge in [-0.15, -0.1) is 0 Å². The number of carbonyl (C=O) groups is 1. The fourth-order valence-electron chi connectivity index (χ4n) is 2.36. The third kappa shape index (κ3) is 5.01. The molecule has 0 aliphatic carbocycles.